The maximum absolute atomic E-state index is 9.27. The first kappa shape index (κ1) is 107. The molecule has 141 heavy (non-hydrogen) atoms. The Morgan fingerprint density at radius 1 is 0.340 bits per heavy atom. The molecule has 3 N–H and O–H groups in total. The van der Waals surface area contributed by atoms with Crippen LogP contribution in [0.1, 0.15) is 213 Å². The topological polar surface area (TPSA) is 225 Å². The molecule has 4 aromatic heterocycles. The van der Waals surface area contributed by atoms with E-state index in [1.165, 1.54) is 217 Å². The van der Waals surface area contributed by atoms with Crippen molar-refractivity contribution in [3.05, 3.63) is 154 Å². The molecule has 0 unspecified atom stereocenters. The van der Waals surface area contributed by atoms with E-state index in [0.717, 1.165) is 275 Å². The summed E-state index contributed by atoms with van der Waals surface area (Å²) in [5.41, 5.74) is 12.5. The molecule has 8 heterocycles. The third-order valence-corrected chi connectivity index (χ3v) is 37.5. The zero-order valence-corrected chi connectivity index (χ0v) is 89.6. The van der Waals surface area contributed by atoms with Crippen LogP contribution in [0.3, 0.4) is 0 Å². The molecule has 6 atom stereocenters. The number of nitrogens with one attached hydrogen (secondary N) is 1. The Labute approximate surface area is 853 Å². The molecule has 772 valence electrons. The fourth-order valence-corrected chi connectivity index (χ4v) is 27.2. The highest BCUT2D eigenvalue weighted by molar-refractivity contribution is 6.99. The smallest absolute Gasteiger partial charge is 0.261 e. The molecular weight excluding hydrogens is 1820 g/mol. The summed E-state index contributed by atoms with van der Waals surface area (Å²) in [5.74, 6) is 13.9. The second-order valence-corrected chi connectivity index (χ2v) is 50.7. The molecule has 7 aliphatic carbocycles. The second-order valence-electron chi connectivity index (χ2n) is 46.3. The SMILES string of the molecule is CN(C)Cc1c(OCC2CC2)ccc2c(CCC3CCN(C[C@H]4C[C@H]4CO)CC3)noc12.CN(C)Cc1c(OCC2CC2)ccc2c(CCC3CCN(C[C@H]4C[C@H]4CO)CC3)noc12.CN(C)Cc1c(OCC2CC2)ccc2c(CCC3CCN(C[C@H]4C[C@H]4CO[Si](c4ccccc4)(c4ccccc4)C(C)(C)C)CC3)noc12.CN(C)Cc1c(OCC2CC2)ccc2c(CCC3CCNCC3)noc12.Cl.Cl. The zero-order chi connectivity index (χ0) is 96.1. The predicted octanol–water partition coefficient (Wildman–Crippen LogP) is 19.9. The van der Waals surface area contributed by atoms with E-state index >= 15 is 0 Å². The molecule has 26 heteroatoms. The Morgan fingerprint density at radius 3 is 0.865 bits per heavy atom. The highest BCUT2D eigenvalue weighted by Crippen LogP contribution is 2.47. The van der Waals surface area contributed by atoms with E-state index in [1.807, 2.05) is 0 Å². The van der Waals surface area contributed by atoms with Crippen LogP contribution in [0, 0.1) is 82.9 Å². The lowest BCUT2D eigenvalue weighted by atomic mass is 9.91. The van der Waals surface area contributed by atoms with E-state index in [2.05, 4.69) is 247 Å². The minimum Gasteiger partial charge on any atom is -0.493 e. The Kier molecular flexibility index (Phi) is 37.8. The summed E-state index contributed by atoms with van der Waals surface area (Å²) in [5, 5.41) is 47.4. The van der Waals surface area contributed by atoms with Crippen LogP contribution >= 0.6 is 24.8 Å². The summed E-state index contributed by atoms with van der Waals surface area (Å²) >= 11 is 0. The number of aryl methyl sites for hydroxylation is 4. The van der Waals surface area contributed by atoms with Crippen molar-refractivity contribution in [3.63, 3.8) is 0 Å². The van der Waals surface area contributed by atoms with Gasteiger partial charge < -0.3 is 91.3 Å². The fourth-order valence-electron chi connectivity index (χ4n) is 22.6. The van der Waals surface area contributed by atoms with Gasteiger partial charge in [-0.25, -0.2) is 0 Å². The first-order chi connectivity index (χ1) is 67.6. The first-order valence-electron chi connectivity index (χ1n) is 54.2. The second kappa shape index (κ2) is 50.0. The summed E-state index contributed by atoms with van der Waals surface area (Å²) in [6.07, 6.45) is 33.0. The first-order valence-corrected chi connectivity index (χ1v) is 56.1. The molecule has 0 radical (unpaired) electrons. The van der Waals surface area contributed by atoms with Gasteiger partial charge in [-0.3, -0.25) is 0 Å². The van der Waals surface area contributed by atoms with Gasteiger partial charge in [-0.2, -0.15) is 0 Å². The molecule has 11 fully saturated rings. The number of aromatic nitrogens is 4. The minimum absolute atomic E-state index is 0. The summed E-state index contributed by atoms with van der Waals surface area (Å²) in [6, 6.07) is 39.3. The maximum Gasteiger partial charge on any atom is 0.261 e. The Hall–Kier alpha value is -7.24. The van der Waals surface area contributed by atoms with Gasteiger partial charge in [-0.15, -0.1) is 24.8 Å². The summed E-state index contributed by atoms with van der Waals surface area (Å²) in [7, 11) is 14.2. The number of halogens is 2. The van der Waals surface area contributed by atoms with Crippen molar-refractivity contribution >= 4 is 87.4 Å². The number of aliphatic hydroxyl groups excluding tert-OH is 2. The van der Waals surface area contributed by atoms with Crippen molar-refractivity contribution in [2.45, 2.75) is 225 Å². The molecular formula is C115H168Cl2N12O11Si. The number of likely N-dealkylation sites (tertiary alicyclic amines) is 3. The average molecular weight is 1990 g/mol. The van der Waals surface area contributed by atoms with Crippen molar-refractivity contribution in [1.29, 1.82) is 0 Å². The Bertz CT molecular complexity index is 5320. The van der Waals surface area contributed by atoms with Crippen LogP contribution in [0.5, 0.6) is 23.0 Å². The molecule has 21 rings (SSSR count). The van der Waals surface area contributed by atoms with E-state index in [0.29, 0.717) is 31.0 Å². The number of fused-ring (bicyclic) bond motifs is 4. The number of ether oxygens (including phenoxy) is 4. The number of rotatable bonds is 45. The summed E-state index contributed by atoms with van der Waals surface area (Å²) in [4.78, 5) is 16.6. The molecule has 10 aromatic rings. The number of nitrogens with zero attached hydrogens (tertiary/aromatic N) is 11. The molecule has 4 saturated heterocycles. The van der Waals surface area contributed by atoms with Crippen LogP contribution in [0.4, 0.5) is 0 Å². The Morgan fingerprint density at radius 2 is 0.610 bits per heavy atom. The van der Waals surface area contributed by atoms with Gasteiger partial charge in [0.2, 0.25) is 0 Å². The maximum atomic E-state index is 9.27. The van der Waals surface area contributed by atoms with Gasteiger partial charge >= 0.3 is 0 Å². The number of benzene rings is 6. The van der Waals surface area contributed by atoms with E-state index in [9.17, 15) is 10.2 Å². The van der Waals surface area contributed by atoms with E-state index < -0.39 is 8.32 Å². The quantitative estimate of drug-likeness (QED) is 0.0302. The number of hydrogen-bond donors (Lipinski definition) is 3. The van der Waals surface area contributed by atoms with Gasteiger partial charge in [-0.1, -0.05) is 102 Å². The van der Waals surface area contributed by atoms with Crippen molar-refractivity contribution < 1.29 is 51.7 Å². The van der Waals surface area contributed by atoms with Gasteiger partial charge in [0.1, 0.15) is 23.0 Å². The van der Waals surface area contributed by atoms with Gasteiger partial charge in [0.25, 0.3) is 8.32 Å². The van der Waals surface area contributed by atoms with Crippen LogP contribution in [0.2, 0.25) is 5.04 Å². The van der Waals surface area contributed by atoms with Crippen molar-refractivity contribution in [2.24, 2.45) is 82.9 Å². The molecule has 0 spiro atoms. The zero-order valence-electron chi connectivity index (χ0n) is 86.9. The molecule has 23 nitrogen and oxygen atoms in total. The molecule has 7 saturated carbocycles. The van der Waals surface area contributed by atoms with Gasteiger partial charge in [0.15, 0.2) is 22.3 Å². The normalized spacial score (nSPS) is 21.8. The Balaban J connectivity index is 0.000000139. The van der Waals surface area contributed by atoms with E-state index in [-0.39, 0.29) is 29.9 Å². The number of piperidine rings is 4. The van der Waals surface area contributed by atoms with Crippen molar-refractivity contribution in [1.82, 2.24) is 60.2 Å². The van der Waals surface area contributed by atoms with E-state index in [1.54, 1.807) is 0 Å². The van der Waals surface area contributed by atoms with E-state index in [4.69, 9.17) is 41.5 Å². The molecule has 11 aliphatic rings. The van der Waals surface area contributed by atoms with Crippen LogP contribution in [0.25, 0.3) is 43.9 Å². The lowest BCUT2D eigenvalue weighted by Gasteiger charge is -2.43. The predicted molar refractivity (Wildman–Crippen MR) is 572 cm³/mol. The highest BCUT2D eigenvalue weighted by Gasteiger charge is 2.52. The van der Waals surface area contributed by atoms with Gasteiger partial charge in [-0.05, 0) is 429 Å². The third-order valence-electron chi connectivity index (χ3n) is 32.5. The number of hydrogen-bond acceptors (Lipinski definition) is 23. The standard InChI is InChI=1S/C42H57N3O3Si.2C26H39N3O3.C21H31N3O2.2ClH/c1-42(2,3)49(35-12-8-6-9-13-35,36-14-10-7-11-15-36)47-30-34-26-33(34)27-45-24-22-31(23-25-45)18-20-39-37-19-21-40(46-29-32-16-17-32)38(28-44(4)5)41(37)48-43-39;2*1-28(2)15-23-25(31-17-19-3-4-19)8-6-22-24(27-32-26(22)23)7-5-18-9-11-29(12-10-18)14-20-13-21(20)16-30;1-24(2)13-18-20(25-14-16-3-4-16)8-6-17-19(23-26-21(17)18)7-5-15-9-11-22-12-10-15;;/h6-15,19,21,31-34H,16-18,20,22-30H2,1-5H3;2*6,8,18-21,30H,3-5,7,9-17H2,1-2H3;6,8,15-16,22H,3-5,7,9-14H2,1-2H3;2*1H/t33-,34+;2*20-,21+;;;/m111.../s1. The average Bonchev–Trinajstić information content (AvgIpc) is 1.69. The largest absolute Gasteiger partial charge is 0.493 e. The van der Waals surface area contributed by atoms with Crippen molar-refractivity contribution in [2.75, 3.05) is 175 Å². The van der Waals surface area contributed by atoms with Crippen LogP contribution in [-0.2, 0) is 56.3 Å². The third kappa shape index (κ3) is 29.0. The molecule has 4 aliphatic heterocycles. The van der Waals surface area contributed by atoms with Gasteiger partial charge in [0, 0.05) is 87.2 Å². The molecule has 0 amide bonds. The monoisotopic (exact) mass is 1990 g/mol. The van der Waals surface area contributed by atoms with Crippen molar-refractivity contribution in [3.8, 4) is 23.0 Å². The molecule has 6 aromatic carbocycles. The van der Waals surface area contributed by atoms with Crippen LogP contribution in [0.15, 0.2) is 127 Å². The van der Waals surface area contributed by atoms with Gasteiger partial charge in [0.05, 0.1) is 71.5 Å². The highest BCUT2D eigenvalue weighted by atomic mass is 35.5. The van der Waals surface area contributed by atoms with Crippen LogP contribution in [-0.4, -0.2) is 248 Å². The molecule has 0 bridgehead atoms. The summed E-state index contributed by atoms with van der Waals surface area (Å²) in [6.45, 7) is 28.3. The lowest BCUT2D eigenvalue weighted by Crippen LogP contribution is -2.66. The lowest BCUT2D eigenvalue weighted by molar-refractivity contribution is 0.166. The van der Waals surface area contributed by atoms with Crippen LogP contribution < -0.4 is 34.6 Å². The fraction of sp³-hybridized carbons (Fsp3) is 0.652. The number of aliphatic hydroxyl groups is 2. The minimum atomic E-state index is -2.47. The summed E-state index contributed by atoms with van der Waals surface area (Å²) < 4.78 is 55.5.